The summed E-state index contributed by atoms with van der Waals surface area (Å²) in [5.74, 6) is 1.45. The minimum Gasteiger partial charge on any atom is -0.497 e. The summed E-state index contributed by atoms with van der Waals surface area (Å²) in [4.78, 5) is 17.9. The number of carbonyl (C=O) groups is 1. The minimum absolute atomic E-state index is 0.00980. The predicted octanol–water partition coefficient (Wildman–Crippen LogP) is 2.92. The van der Waals surface area contributed by atoms with Crippen LogP contribution in [0.4, 0.5) is 0 Å². The van der Waals surface area contributed by atoms with Gasteiger partial charge in [0, 0.05) is 36.0 Å². The monoisotopic (exact) mass is 401 g/mol. The van der Waals surface area contributed by atoms with E-state index in [2.05, 4.69) is 5.32 Å². The van der Waals surface area contributed by atoms with Gasteiger partial charge in [-0.15, -0.1) is 11.3 Å². The SMILES string of the molecule is COc1ccc(OC)c(-c2cn3c(CC(=O)NCC4CCCO4)csc3n2)c1. The Kier molecular flexibility index (Phi) is 5.50. The third-order valence-electron chi connectivity index (χ3n) is 4.86. The summed E-state index contributed by atoms with van der Waals surface area (Å²) in [7, 11) is 3.26. The van der Waals surface area contributed by atoms with Gasteiger partial charge < -0.3 is 19.5 Å². The first-order chi connectivity index (χ1) is 13.7. The molecule has 1 aliphatic rings. The Labute approximate surface area is 167 Å². The quantitative estimate of drug-likeness (QED) is 0.659. The van der Waals surface area contributed by atoms with Crippen LogP contribution in [0.1, 0.15) is 18.5 Å². The maximum absolute atomic E-state index is 12.3. The number of hydrogen-bond acceptors (Lipinski definition) is 6. The molecule has 1 aromatic carbocycles. The number of thiazole rings is 1. The highest BCUT2D eigenvalue weighted by Crippen LogP contribution is 2.34. The number of nitrogens with zero attached hydrogens (tertiary/aromatic N) is 2. The van der Waals surface area contributed by atoms with Gasteiger partial charge in [-0.05, 0) is 31.0 Å². The van der Waals surface area contributed by atoms with Crippen LogP contribution in [0.25, 0.3) is 16.2 Å². The molecule has 8 heteroatoms. The van der Waals surface area contributed by atoms with E-state index < -0.39 is 0 Å². The fourth-order valence-corrected chi connectivity index (χ4v) is 4.23. The molecule has 0 spiro atoms. The number of imidazole rings is 1. The molecule has 0 saturated carbocycles. The normalized spacial score (nSPS) is 16.4. The van der Waals surface area contributed by atoms with E-state index in [0.717, 1.165) is 52.9 Å². The maximum atomic E-state index is 12.3. The number of methoxy groups -OCH3 is 2. The van der Waals surface area contributed by atoms with Gasteiger partial charge in [0.05, 0.1) is 32.4 Å². The van der Waals surface area contributed by atoms with Crippen LogP contribution < -0.4 is 14.8 Å². The van der Waals surface area contributed by atoms with Gasteiger partial charge >= 0.3 is 0 Å². The number of aromatic nitrogens is 2. The number of nitrogens with one attached hydrogen (secondary N) is 1. The van der Waals surface area contributed by atoms with E-state index in [1.165, 1.54) is 11.3 Å². The summed E-state index contributed by atoms with van der Waals surface area (Å²) in [5, 5.41) is 4.94. The van der Waals surface area contributed by atoms with Gasteiger partial charge in [0.25, 0.3) is 0 Å². The number of benzene rings is 1. The summed E-state index contributed by atoms with van der Waals surface area (Å²) in [6.45, 7) is 1.36. The van der Waals surface area contributed by atoms with Crippen LogP contribution in [0.3, 0.4) is 0 Å². The molecule has 7 nitrogen and oxygen atoms in total. The molecule has 2 aromatic heterocycles. The van der Waals surface area contributed by atoms with Gasteiger partial charge in [-0.1, -0.05) is 0 Å². The molecule has 0 radical (unpaired) electrons. The standard InChI is InChI=1S/C20H23N3O4S/c1-25-14-5-6-18(26-2)16(9-14)17-11-23-13(12-28-20(23)22-17)8-19(24)21-10-15-4-3-7-27-15/h5-6,9,11-12,15H,3-4,7-8,10H2,1-2H3,(H,21,24). The van der Waals surface area contributed by atoms with Crippen molar-refractivity contribution >= 4 is 22.2 Å². The number of amides is 1. The van der Waals surface area contributed by atoms with Crippen LogP contribution in [0.2, 0.25) is 0 Å². The zero-order chi connectivity index (χ0) is 19.5. The molecule has 1 saturated heterocycles. The number of ether oxygens (including phenoxy) is 3. The van der Waals surface area contributed by atoms with Crippen molar-refractivity contribution in [2.75, 3.05) is 27.4 Å². The number of rotatable bonds is 7. The van der Waals surface area contributed by atoms with Crippen molar-refractivity contribution < 1.29 is 19.0 Å². The second-order valence-corrected chi connectivity index (χ2v) is 7.52. The molecule has 3 heterocycles. The molecular weight excluding hydrogens is 378 g/mol. The zero-order valence-electron chi connectivity index (χ0n) is 15.9. The number of carbonyl (C=O) groups excluding carboxylic acids is 1. The summed E-state index contributed by atoms with van der Waals surface area (Å²) >= 11 is 1.51. The lowest BCUT2D eigenvalue weighted by Crippen LogP contribution is -2.32. The zero-order valence-corrected chi connectivity index (χ0v) is 16.8. The smallest absolute Gasteiger partial charge is 0.226 e. The van der Waals surface area contributed by atoms with Crippen LogP contribution in [-0.2, 0) is 16.0 Å². The van der Waals surface area contributed by atoms with Gasteiger partial charge in [-0.3, -0.25) is 9.20 Å². The Morgan fingerprint density at radius 3 is 3.04 bits per heavy atom. The Bertz CT molecular complexity index is 975. The molecule has 1 amide bonds. The molecule has 1 fully saturated rings. The topological polar surface area (TPSA) is 74.1 Å². The lowest BCUT2D eigenvalue weighted by Gasteiger charge is -2.10. The van der Waals surface area contributed by atoms with Gasteiger partial charge in [0.1, 0.15) is 11.5 Å². The molecule has 1 N–H and O–H groups in total. The Balaban J connectivity index is 1.53. The van der Waals surface area contributed by atoms with Crippen LogP contribution in [0.5, 0.6) is 11.5 Å². The molecular formula is C20H23N3O4S. The summed E-state index contributed by atoms with van der Waals surface area (Å²) in [6.07, 6.45) is 4.46. The first-order valence-corrected chi connectivity index (χ1v) is 10.1. The molecule has 1 atom stereocenters. The molecule has 3 aromatic rings. The first kappa shape index (κ1) is 18.8. The van der Waals surface area contributed by atoms with E-state index in [1.807, 2.05) is 34.2 Å². The molecule has 0 aliphatic carbocycles. The summed E-state index contributed by atoms with van der Waals surface area (Å²) < 4.78 is 18.3. The van der Waals surface area contributed by atoms with E-state index >= 15 is 0 Å². The molecule has 148 valence electrons. The summed E-state index contributed by atoms with van der Waals surface area (Å²) in [5.41, 5.74) is 2.54. The highest BCUT2D eigenvalue weighted by Gasteiger charge is 2.18. The lowest BCUT2D eigenvalue weighted by atomic mass is 10.1. The average Bonchev–Trinajstić information content (AvgIpc) is 3.44. The number of fused-ring (bicyclic) bond motifs is 1. The molecule has 1 aliphatic heterocycles. The van der Waals surface area contributed by atoms with Crippen molar-refractivity contribution in [3.63, 3.8) is 0 Å². The van der Waals surface area contributed by atoms with Crippen molar-refractivity contribution in [2.24, 2.45) is 0 Å². The molecule has 4 rings (SSSR count). The minimum atomic E-state index is -0.00980. The van der Waals surface area contributed by atoms with Gasteiger partial charge in [0.15, 0.2) is 4.96 Å². The maximum Gasteiger partial charge on any atom is 0.226 e. The van der Waals surface area contributed by atoms with E-state index in [-0.39, 0.29) is 12.0 Å². The third-order valence-corrected chi connectivity index (χ3v) is 5.75. The average molecular weight is 401 g/mol. The molecule has 0 bridgehead atoms. The first-order valence-electron chi connectivity index (χ1n) is 9.24. The van der Waals surface area contributed by atoms with Gasteiger partial charge in [-0.2, -0.15) is 0 Å². The third kappa shape index (κ3) is 3.83. The molecule has 1 unspecified atom stereocenters. The Morgan fingerprint density at radius 2 is 2.29 bits per heavy atom. The van der Waals surface area contributed by atoms with Gasteiger partial charge in [-0.25, -0.2) is 4.98 Å². The van der Waals surface area contributed by atoms with E-state index in [9.17, 15) is 4.79 Å². The van der Waals surface area contributed by atoms with Crippen LogP contribution in [-0.4, -0.2) is 48.8 Å². The second-order valence-electron chi connectivity index (χ2n) is 6.69. The molecule has 28 heavy (non-hydrogen) atoms. The highest BCUT2D eigenvalue weighted by molar-refractivity contribution is 7.15. The largest absolute Gasteiger partial charge is 0.497 e. The Morgan fingerprint density at radius 1 is 1.39 bits per heavy atom. The Hall–Kier alpha value is -2.58. The van der Waals surface area contributed by atoms with Crippen molar-refractivity contribution in [2.45, 2.75) is 25.4 Å². The second kappa shape index (κ2) is 8.20. The lowest BCUT2D eigenvalue weighted by molar-refractivity contribution is -0.121. The fraction of sp³-hybridized carbons (Fsp3) is 0.400. The van der Waals surface area contributed by atoms with E-state index in [1.54, 1.807) is 14.2 Å². The van der Waals surface area contributed by atoms with Crippen molar-refractivity contribution in [3.8, 4) is 22.8 Å². The van der Waals surface area contributed by atoms with E-state index in [0.29, 0.717) is 13.0 Å². The highest BCUT2D eigenvalue weighted by atomic mass is 32.1. The van der Waals surface area contributed by atoms with Crippen molar-refractivity contribution in [1.82, 2.24) is 14.7 Å². The fourth-order valence-electron chi connectivity index (χ4n) is 3.36. The van der Waals surface area contributed by atoms with Crippen molar-refractivity contribution in [1.29, 1.82) is 0 Å². The van der Waals surface area contributed by atoms with Crippen LogP contribution >= 0.6 is 11.3 Å². The predicted molar refractivity (Wildman–Crippen MR) is 107 cm³/mol. The number of hydrogen-bond donors (Lipinski definition) is 1. The van der Waals surface area contributed by atoms with Crippen LogP contribution in [0.15, 0.2) is 29.8 Å². The van der Waals surface area contributed by atoms with Crippen LogP contribution in [0, 0.1) is 0 Å². The van der Waals surface area contributed by atoms with Gasteiger partial charge in [0.2, 0.25) is 5.91 Å². The van der Waals surface area contributed by atoms with Crippen molar-refractivity contribution in [3.05, 3.63) is 35.5 Å². The summed E-state index contributed by atoms with van der Waals surface area (Å²) in [6, 6.07) is 5.62. The van der Waals surface area contributed by atoms with E-state index in [4.69, 9.17) is 19.2 Å².